The largest absolute Gasteiger partial charge is 0.355 e. The van der Waals surface area contributed by atoms with Crippen LogP contribution in [0.1, 0.15) is 11.5 Å². The van der Waals surface area contributed by atoms with Gasteiger partial charge in [-0.25, -0.2) is 8.78 Å². The topological polar surface area (TPSA) is 58.2 Å². The molecule has 1 fully saturated rings. The molecule has 2 N–H and O–H groups in total. The van der Waals surface area contributed by atoms with Crippen LogP contribution in [0.4, 0.5) is 14.5 Å². The lowest BCUT2D eigenvalue weighted by molar-refractivity contribution is -0.130. The van der Waals surface area contributed by atoms with Crippen LogP contribution >= 0.6 is 23.2 Å². The zero-order valence-corrected chi connectivity index (χ0v) is 14.2. The first-order valence-electron chi connectivity index (χ1n) is 7.35. The van der Waals surface area contributed by atoms with E-state index in [4.69, 9.17) is 23.2 Å². The number of benzene rings is 2. The molecule has 4 nitrogen and oxygen atoms in total. The van der Waals surface area contributed by atoms with Crippen molar-refractivity contribution in [3.05, 3.63) is 63.6 Å². The maximum Gasteiger partial charge on any atom is 0.237 e. The van der Waals surface area contributed by atoms with Gasteiger partial charge >= 0.3 is 0 Å². The molecule has 130 valence electrons. The van der Waals surface area contributed by atoms with Crippen LogP contribution in [0, 0.1) is 17.6 Å². The summed E-state index contributed by atoms with van der Waals surface area (Å²) in [6.45, 7) is 0.208. The molecule has 0 bridgehead atoms. The van der Waals surface area contributed by atoms with Crippen molar-refractivity contribution >= 4 is 40.7 Å². The molecule has 8 heteroatoms. The van der Waals surface area contributed by atoms with Gasteiger partial charge in [-0.15, -0.1) is 0 Å². The Morgan fingerprint density at radius 3 is 2.52 bits per heavy atom. The molecular weight excluding hydrogens is 373 g/mol. The second-order valence-electron chi connectivity index (χ2n) is 5.62. The third kappa shape index (κ3) is 3.60. The predicted molar refractivity (Wildman–Crippen MR) is 90.7 cm³/mol. The van der Waals surface area contributed by atoms with Gasteiger partial charge in [0.25, 0.3) is 0 Å². The van der Waals surface area contributed by atoms with Gasteiger partial charge in [-0.3, -0.25) is 9.59 Å². The highest BCUT2D eigenvalue weighted by Crippen LogP contribution is 2.33. The van der Waals surface area contributed by atoms with Gasteiger partial charge in [0.2, 0.25) is 11.8 Å². The minimum Gasteiger partial charge on any atom is -0.355 e. The molecule has 1 aliphatic rings. The Labute approximate surface area is 152 Å². The second-order valence-corrected chi connectivity index (χ2v) is 6.50. The summed E-state index contributed by atoms with van der Waals surface area (Å²) >= 11 is 12.0. The smallest absolute Gasteiger partial charge is 0.237 e. The van der Waals surface area contributed by atoms with Crippen molar-refractivity contribution in [1.82, 2.24) is 5.32 Å². The summed E-state index contributed by atoms with van der Waals surface area (Å²) < 4.78 is 27.0. The lowest BCUT2D eigenvalue weighted by Crippen LogP contribution is -2.32. The van der Waals surface area contributed by atoms with E-state index in [1.54, 1.807) is 12.1 Å². The summed E-state index contributed by atoms with van der Waals surface area (Å²) in [6, 6.07) is 8.17. The molecule has 2 atom stereocenters. The zero-order chi connectivity index (χ0) is 18.1. The van der Waals surface area contributed by atoms with Gasteiger partial charge < -0.3 is 10.6 Å². The number of carbonyl (C=O) groups is 2. The highest BCUT2D eigenvalue weighted by atomic mass is 35.5. The van der Waals surface area contributed by atoms with Crippen molar-refractivity contribution in [2.24, 2.45) is 5.92 Å². The standard InChI is InChI=1S/C17H12Cl2F2N2O2/c18-9-4-8(5-10(19)6-9)11-7-22-16(24)14(11)17(25)23-13-3-1-2-12(20)15(13)21/h1-6,11,14H,7H2,(H,22,24)(H,23,25)/t11-,14-/m1/s1. The molecule has 2 amide bonds. The van der Waals surface area contributed by atoms with Gasteiger partial charge in [0.15, 0.2) is 11.6 Å². The summed E-state index contributed by atoms with van der Waals surface area (Å²) in [5.74, 6) is -5.16. The van der Waals surface area contributed by atoms with Crippen molar-refractivity contribution in [3.63, 3.8) is 0 Å². The van der Waals surface area contributed by atoms with Crippen molar-refractivity contribution in [1.29, 1.82) is 0 Å². The van der Waals surface area contributed by atoms with Crippen LogP contribution in [0.2, 0.25) is 10.0 Å². The summed E-state index contributed by atoms with van der Waals surface area (Å²) in [7, 11) is 0. The van der Waals surface area contributed by atoms with E-state index in [2.05, 4.69) is 10.6 Å². The van der Waals surface area contributed by atoms with Crippen LogP contribution < -0.4 is 10.6 Å². The Morgan fingerprint density at radius 1 is 1.16 bits per heavy atom. The molecule has 3 rings (SSSR count). The molecule has 2 aromatic carbocycles. The third-order valence-electron chi connectivity index (χ3n) is 3.99. The van der Waals surface area contributed by atoms with E-state index in [1.165, 1.54) is 18.2 Å². The number of nitrogens with one attached hydrogen (secondary N) is 2. The van der Waals surface area contributed by atoms with E-state index in [0.29, 0.717) is 15.6 Å². The van der Waals surface area contributed by atoms with Crippen molar-refractivity contribution < 1.29 is 18.4 Å². The van der Waals surface area contributed by atoms with Crippen LogP contribution in [0.5, 0.6) is 0 Å². The van der Waals surface area contributed by atoms with Crippen molar-refractivity contribution in [2.75, 3.05) is 11.9 Å². The third-order valence-corrected chi connectivity index (χ3v) is 4.42. The molecule has 1 heterocycles. The highest BCUT2D eigenvalue weighted by molar-refractivity contribution is 6.34. The van der Waals surface area contributed by atoms with E-state index >= 15 is 0 Å². The molecule has 0 aromatic heterocycles. The van der Waals surface area contributed by atoms with Crippen LogP contribution in [0.25, 0.3) is 0 Å². The van der Waals surface area contributed by atoms with Gasteiger partial charge in [-0.2, -0.15) is 0 Å². The first kappa shape index (κ1) is 17.6. The van der Waals surface area contributed by atoms with Crippen LogP contribution in [0.3, 0.4) is 0 Å². The van der Waals surface area contributed by atoms with E-state index in [1.807, 2.05) is 0 Å². The summed E-state index contributed by atoms with van der Waals surface area (Å²) in [4.78, 5) is 24.6. The molecule has 0 radical (unpaired) electrons. The van der Waals surface area contributed by atoms with Crippen LogP contribution in [-0.2, 0) is 9.59 Å². The molecule has 1 saturated heterocycles. The molecule has 2 aromatic rings. The maximum atomic E-state index is 13.7. The number of rotatable bonds is 3. The number of amides is 2. The number of anilines is 1. The Bertz CT molecular complexity index is 840. The lowest BCUT2D eigenvalue weighted by Gasteiger charge is -2.18. The van der Waals surface area contributed by atoms with Crippen LogP contribution in [0.15, 0.2) is 36.4 Å². The lowest BCUT2D eigenvalue weighted by atomic mass is 9.88. The van der Waals surface area contributed by atoms with E-state index in [0.717, 1.165) is 6.07 Å². The fourth-order valence-electron chi connectivity index (χ4n) is 2.83. The van der Waals surface area contributed by atoms with Gasteiger partial charge in [-0.1, -0.05) is 29.3 Å². The van der Waals surface area contributed by atoms with Crippen LogP contribution in [-0.4, -0.2) is 18.4 Å². The van der Waals surface area contributed by atoms with Crippen molar-refractivity contribution in [3.8, 4) is 0 Å². The molecule has 0 spiro atoms. The molecule has 0 aliphatic carbocycles. The van der Waals surface area contributed by atoms with Gasteiger partial charge in [0.05, 0.1) is 5.69 Å². The number of hydrogen-bond acceptors (Lipinski definition) is 2. The van der Waals surface area contributed by atoms with E-state index in [9.17, 15) is 18.4 Å². The maximum absolute atomic E-state index is 13.7. The molecule has 1 aliphatic heterocycles. The average molecular weight is 385 g/mol. The first-order chi connectivity index (χ1) is 11.9. The molecule has 0 unspecified atom stereocenters. The normalized spacial score (nSPS) is 19.6. The quantitative estimate of drug-likeness (QED) is 0.791. The summed E-state index contributed by atoms with van der Waals surface area (Å²) in [6.07, 6.45) is 0. The predicted octanol–water partition coefficient (Wildman–Crippen LogP) is 3.74. The average Bonchev–Trinajstić information content (AvgIpc) is 2.92. The number of halogens is 4. The summed E-state index contributed by atoms with van der Waals surface area (Å²) in [5.41, 5.74) is 0.281. The Kier molecular flexibility index (Phi) is 4.92. The minimum absolute atomic E-state index is 0.208. The zero-order valence-electron chi connectivity index (χ0n) is 12.7. The van der Waals surface area contributed by atoms with E-state index in [-0.39, 0.29) is 12.2 Å². The van der Waals surface area contributed by atoms with Gasteiger partial charge in [-0.05, 0) is 35.9 Å². The van der Waals surface area contributed by atoms with E-state index < -0.39 is 35.3 Å². The number of hydrogen-bond donors (Lipinski definition) is 2. The summed E-state index contributed by atoms with van der Waals surface area (Å²) in [5, 5.41) is 5.61. The molecular formula is C17H12Cl2F2N2O2. The monoisotopic (exact) mass is 384 g/mol. The Hall–Kier alpha value is -2.18. The Morgan fingerprint density at radius 2 is 1.84 bits per heavy atom. The number of carbonyl (C=O) groups excluding carboxylic acids is 2. The second kappa shape index (κ2) is 6.98. The highest BCUT2D eigenvalue weighted by Gasteiger charge is 2.41. The van der Waals surface area contributed by atoms with Crippen molar-refractivity contribution in [2.45, 2.75) is 5.92 Å². The van der Waals surface area contributed by atoms with Gasteiger partial charge in [0, 0.05) is 22.5 Å². The molecule has 0 saturated carbocycles. The fourth-order valence-corrected chi connectivity index (χ4v) is 3.38. The fraction of sp³-hybridized carbons (Fsp3) is 0.176. The molecule has 25 heavy (non-hydrogen) atoms. The Balaban J connectivity index is 1.89. The minimum atomic E-state index is -1.18. The first-order valence-corrected chi connectivity index (χ1v) is 8.11. The SMILES string of the molecule is O=C1NC[C@H](c2cc(Cl)cc(Cl)c2)[C@H]1C(=O)Nc1cccc(F)c1F. The van der Waals surface area contributed by atoms with Gasteiger partial charge in [0.1, 0.15) is 5.92 Å².